The lowest BCUT2D eigenvalue weighted by Gasteiger charge is -2.36. The highest BCUT2D eigenvalue weighted by atomic mass is 15.4. The summed E-state index contributed by atoms with van der Waals surface area (Å²) in [6.45, 7) is 11.0. The zero-order valence-electron chi connectivity index (χ0n) is 29.7. The van der Waals surface area contributed by atoms with Crippen molar-refractivity contribution in [2.45, 2.75) is 65.6 Å². The number of imidazole rings is 1. The molecule has 6 heteroatoms. The average Bonchev–Trinajstić information content (AvgIpc) is 3.66. The van der Waals surface area contributed by atoms with E-state index >= 15 is 0 Å². The Bertz CT molecular complexity index is 2320. The zero-order valence-corrected chi connectivity index (χ0v) is 29.7. The van der Waals surface area contributed by atoms with Gasteiger partial charge >= 0.3 is 0 Å². The molecule has 0 fully saturated rings. The molecule has 6 aromatic rings. The summed E-state index contributed by atoms with van der Waals surface area (Å²) in [6.07, 6.45) is 11.2. The van der Waals surface area contributed by atoms with Crippen molar-refractivity contribution in [3.8, 4) is 28.5 Å². The molecule has 2 aliphatic heterocycles. The number of fused-ring (bicyclic) bond motifs is 7. The standard InChI is InChI=1S/C44H43N6/c1-27-23-29(3)41(30(4)24-27)49-22-21-48-39-25-32(19-20-36(39)35-16-9-10-17-37(35)44(48)49)34-15-11-12-18-38(34)50-31(5)47(6)43-40(50)26-45-42(46-43)33-14-8-7-13-28(33)2/h7-19,21-24,26,31,36,39H,20,25H2,1-6H3/q+1. The molecule has 6 nitrogen and oxygen atoms in total. The van der Waals surface area contributed by atoms with E-state index in [2.05, 4.69) is 164 Å². The van der Waals surface area contributed by atoms with Crippen molar-refractivity contribution in [2.24, 2.45) is 0 Å². The minimum Gasteiger partial charge on any atom is -0.337 e. The molecule has 0 amide bonds. The van der Waals surface area contributed by atoms with Crippen LogP contribution in [0, 0.1) is 27.7 Å². The van der Waals surface area contributed by atoms with Crippen molar-refractivity contribution in [3.05, 3.63) is 143 Å². The van der Waals surface area contributed by atoms with E-state index in [9.17, 15) is 0 Å². The molecule has 0 saturated carbocycles. The number of aryl methyl sites for hydroxylation is 4. The molecule has 3 unspecified atom stereocenters. The average molecular weight is 656 g/mol. The smallest absolute Gasteiger partial charge is 0.294 e. The van der Waals surface area contributed by atoms with Crippen molar-refractivity contribution in [1.29, 1.82) is 0 Å². The number of nitrogens with zero attached hydrogens (tertiary/aromatic N) is 6. The molecule has 0 spiro atoms. The SMILES string of the molecule is Cc1cc(C)c(-n2cc[n+]3c2-c2ccccc2C2CC=C(c4ccccc4N4c5cnc(-c6ccccc6C)nc5N(C)C4C)CC23)c(C)c1. The van der Waals surface area contributed by atoms with Gasteiger partial charge in [0.1, 0.15) is 36.0 Å². The van der Waals surface area contributed by atoms with E-state index in [1.165, 1.54) is 61.7 Å². The molecule has 0 bridgehead atoms. The molecule has 4 heterocycles. The number of benzene rings is 4. The molecule has 4 aromatic carbocycles. The first kappa shape index (κ1) is 30.6. The Morgan fingerprint density at radius 3 is 2.26 bits per heavy atom. The Labute approximate surface area is 295 Å². The topological polar surface area (TPSA) is 41.1 Å². The molecule has 50 heavy (non-hydrogen) atoms. The van der Waals surface area contributed by atoms with Gasteiger partial charge in [0, 0.05) is 30.5 Å². The van der Waals surface area contributed by atoms with Gasteiger partial charge in [-0.3, -0.25) is 0 Å². The first-order valence-electron chi connectivity index (χ1n) is 17.8. The summed E-state index contributed by atoms with van der Waals surface area (Å²) in [4.78, 5) is 14.7. The van der Waals surface area contributed by atoms with Crippen LogP contribution in [0.2, 0.25) is 0 Å². The van der Waals surface area contributed by atoms with Crippen molar-refractivity contribution in [3.63, 3.8) is 0 Å². The minimum absolute atomic E-state index is 0.0852. The number of anilines is 3. The first-order chi connectivity index (χ1) is 24.3. The fourth-order valence-corrected chi connectivity index (χ4v) is 9.01. The molecule has 2 aromatic heterocycles. The highest BCUT2D eigenvalue weighted by molar-refractivity contribution is 5.88. The Morgan fingerprint density at radius 1 is 0.780 bits per heavy atom. The molecule has 0 radical (unpaired) electrons. The lowest BCUT2D eigenvalue weighted by Crippen LogP contribution is -2.47. The van der Waals surface area contributed by atoms with Crippen molar-refractivity contribution < 1.29 is 4.57 Å². The van der Waals surface area contributed by atoms with Crippen LogP contribution in [0.5, 0.6) is 0 Å². The summed E-state index contributed by atoms with van der Waals surface area (Å²) < 4.78 is 5.01. The van der Waals surface area contributed by atoms with E-state index in [4.69, 9.17) is 9.97 Å². The summed E-state index contributed by atoms with van der Waals surface area (Å²) in [6, 6.07) is 31.3. The van der Waals surface area contributed by atoms with Crippen LogP contribution < -0.4 is 14.4 Å². The van der Waals surface area contributed by atoms with Gasteiger partial charge in [-0.05, 0) is 81.0 Å². The molecular weight excluding hydrogens is 613 g/mol. The van der Waals surface area contributed by atoms with Gasteiger partial charge in [0.15, 0.2) is 11.6 Å². The van der Waals surface area contributed by atoms with Gasteiger partial charge in [0.05, 0.1) is 17.4 Å². The van der Waals surface area contributed by atoms with E-state index in [1.807, 2.05) is 6.20 Å². The maximum atomic E-state index is 5.13. The fourth-order valence-electron chi connectivity index (χ4n) is 9.01. The van der Waals surface area contributed by atoms with Crippen LogP contribution >= 0.6 is 0 Å². The van der Waals surface area contributed by atoms with Crippen LogP contribution in [0.15, 0.2) is 110 Å². The van der Waals surface area contributed by atoms with Crippen LogP contribution in [0.4, 0.5) is 17.2 Å². The number of para-hydroxylation sites is 1. The third kappa shape index (κ3) is 4.58. The maximum Gasteiger partial charge on any atom is 0.294 e. The molecule has 3 aliphatic rings. The Morgan fingerprint density at radius 2 is 1.48 bits per heavy atom. The van der Waals surface area contributed by atoms with Gasteiger partial charge in [0.2, 0.25) is 0 Å². The minimum atomic E-state index is 0.0852. The summed E-state index contributed by atoms with van der Waals surface area (Å²) in [5, 5.41) is 0. The first-order valence-corrected chi connectivity index (χ1v) is 17.8. The van der Waals surface area contributed by atoms with Crippen LogP contribution in [-0.2, 0) is 0 Å². The third-order valence-electron chi connectivity index (χ3n) is 11.4. The van der Waals surface area contributed by atoms with Gasteiger partial charge < -0.3 is 9.80 Å². The number of aromatic nitrogens is 4. The summed E-state index contributed by atoms with van der Waals surface area (Å²) in [5.74, 6) is 3.43. The molecule has 0 N–H and O–H groups in total. The predicted octanol–water partition coefficient (Wildman–Crippen LogP) is 9.57. The summed E-state index contributed by atoms with van der Waals surface area (Å²) in [7, 11) is 2.14. The summed E-state index contributed by atoms with van der Waals surface area (Å²) >= 11 is 0. The lowest BCUT2D eigenvalue weighted by atomic mass is 9.75. The van der Waals surface area contributed by atoms with Crippen molar-refractivity contribution in [2.75, 3.05) is 16.8 Å². The molecular formula is C44H43N6+. The second-order valence-corrected chi connectivity index (χ2v) is 14.4. The largest absolute Gasteiger partial charge is 0.337 e. The van der Waals surface area contributed by atoms with Gasteiger partial charge in [0.25, 0.3) is 5.82 Å². The molecule has 1 aliphatic carbocycles. The van der Waals surface area contributed by atoms with E-state index in [0.29, 0.717) is 12.0 Å². The monoisotopic (exact) mass is 655 g/mol. The molecule has 9 rings (SSSR count). The van der Waals surface area contributed by atoms with E-state index < -0.39 is 0 Å². The van der Waals surface area contributed by atoms with Crippen LogP contribution in [0.25, 0.3) is 34.0 Å². The van der Waals surface area contributed by atoms with Crippen molar-refractivity contribution in [1.82, 2.24) is 14.5 Å². The number of hydrogen-bond donors (Lipinski definition) is 0. The van der Waals surface area contributed by atoms with E-state index in [-0.39, 0.29) is 6.17 Å². The summed E-state index contributed by atoms with van der Waals surface area (Å²) in [5.41, 5.74) is 15.2. The van der Waals surface area contributed by atoms with Gasteiger partial charge in [-0.1, -0.05) is 84.4 Å². The lowest BCUT2D eigenvalue weighted by molar-refractivity contribution is -0.716. The Balaban J connectivity index is 1.12. The Hall–Kier alpha value is -5.49. The fraction of sp³-hybridized carbons (Fsp3) is 0.250. The Kier molecular flexibility index (Phi) is 7.06. The number of rotatable bonds is 4. The van der Waals surface area contributed by atoms with Gasteiger partial charge in [-0.25, -0.2) is 14.5 Å². The molecule has 248 valence electrons. The number of hydrogen-bond acceptors (Lipinski definition) is 4. The van der Waals surface area contributed by atoms with E-state index in [1.54, 1.807) is 0 Å². The van der Waals surface area contributed by atoms with Crippen molar-refractivity contribution >= 4 is 22.8 Å². The quantitative estimate of drug-likeness (QED) is 0.177. The van der Waals surface area contributed by atoms with Gasteiger partial charge in [-0.2, -0.15) is 4.57 Å². The van der Waals surface area contributed by atoms with Crippen LogP contribution in [-0.4, -0.2) is 27.7 Å². The second-order valence-electron chi connectivity index (χ2n) is 14.4. The third-order valence-corrected chi connectivity index (χ3v) is 11.4. The van der Waals surface area contributed by atoms with Crippen LogP contribution in [0.1, 0.15) is 65.1 Å². The molecule has 0 saturated heterocycles. The normalized spacial score (nSPS) is 19.1. The molecule has 3 atom stereocenters. The zero-order chi connectivity index (χ0) is 34.3. The van der Waals surface area contributed by atoms with Gasteiger partial charge in [-0.15, -0.1) is 0 Å². The van der Waals surface area contributed by atoms with Crippen LogP contribution in [0.3, 0.4) is 0 Å². The second kappa shape index (κ2) is 11.5. The maximum absolute atomic E-state index is 5.13. The highest BCUT2D eigenvalue weighted by Gasteiger charge is 2.43. The number of allylic oxidation sites excluding steroid dienone is 2. The van der Waals surface area contributed by atoms with E-state index in [0.717, 1.165) is 35.7 Å². The highest BCUT2D eigenvalue weighted by Crippen LogP contribution is 2.50. The predicted molar refractivity (Wildman–Crippen MR) is 203 cm³/mol.